The number of aromatic nitrogens is 1. The fourth-order valence-corrected chi connectivity index (χ4v) is 4.66. The van der Waals surface area contributed by atoms with E-state index in [2.05, 4.69) is 15.6 Å². The number of carbonyl (C=O) groups is 3. The van der Waals surface area contributed by atoms with Crippen LogP contribution in [0.15, 0.2) is 24.4 Å². The van der Waals surface area contributed by atoms with Crippen LogP contribution in [0.5, 0.6) is 0 Å². The molecule has 7 nitrogen and oxygen atoms in total. The standard InChI is InChI=1S/C20H18ClF3N4O3S/c1-19(11-2-3-11)16(30)28(18(31)27-19)9-15(29)26-17-25-8-13(32-17)7-10-6-12(20(22,23)24)4-5-14(10)21/h4-6,8,11H,2-3,7,9H2,1H3,(H,27,31)(H,25,26,29). The fraction of sp³-hybridized carbons (Fsp3) is 0.400. The highest BCUT2D eigenvalue weighted by molar-refractivity contribution is 7.15. The SMILES string of the molecule is CC1(C2CC2)NC(=O)N(CC(=O)Nc2ncc(Cc3cc(C(F)(F)F)ccc3Cl)s2)C1=O. The largest absolute Gasteiger partial charge is 0.416 e. The monoisotopic (exact) mass is 486 g/mol. The van der Waals surface area contributed by atoms with Crippen LogP contribution in [0.3, 0.4) is 0 Å². The second kappa shape index (κ2) is 8.04. The molecule has 2 heterocycles. The van der Waals surface area contributed by atoms with Gasteiger partial charge >= 0.3 is 12.2 Å². The molecule has 1 aliphatic carbocycles. The number of hydrogen-bond donors (Lipinski definition) is 2. The summed E-state index contributed by atoms with van der Waals surface area (Å²) in [5.41, 5.74) is -1.50. The molecule has 12 heteroatoms. The number of halogens is 4. The maximum absolute atomic E-state index is 12.9. The third kappa shape index (κ3) is 4.44. The molecule has 1 saturated heterocycles. The predicted octanol–water partition coefficient (Wildman–Crippen LogP) is 4.07. The molecule has 2 aliphatic rings. The number of anilines is 1. The molecule has 1 saturated carbocycles. The number of rotatable bonds is 6. The summed E-state index contributed by atoms with van der Waals surface area (Å²) in [7, 11) is 0. The van der Waals surface area contributed by atoms with Gasteiger partial charge < -0.3 is 10.6 Å². The highest BCUT2D eigenvalue weighted by atomic mass is 35.5. The number of amides is 4. The Morgan fingerprint density at radius 1 is 1.38 bits per heavy atom. The number of thiazole rings is 1. The van der Waals surface area contributed by atoms with Crippen LogP contribution in [-0.2, 0) is 22.2 Å². The molecule has 170 valence electrons. The lowest BCUT2D eigenvalue weighted by molar-refractivity contribution is -0.137. The second-order valence-electron chi connectivity index (χ2n) is 7.96. The Morgan fingerprint density at radius 3 is 2.75 bits per heavy atom. The molecule has 1 atom stereocenters. The van der Waals surface area contributed by atoms with E-state index in [1.165, 1.54) is 12.3 Å². The van der Waals surface area contributed by atoms with Crippen LogP contribution in [0.25, 0.3) is 0 Å². The molecule has 4 amide bonds. The molecule has 2 fully saturated rings. The third-order valence-electron chi connectivity index (χ3n) is 5.53. The molecule has 1 aliphatic heterocycles. The normalized spacial score (nSPS) is 21.1. The van der Waals surface area contributed by atoms with E-state index >= 15 is 0 Å². The van der Waals surface area contributed by atoms with Crippen LogP contribution in [0.4, 0.5) is 23.1 Å². The molecular weight excluding hydrogens is 469 g/mol. The Hall–Kier alpha value is -2.66. The van der Waals surface area contributed by atoms with Crippen molar-refractivity contribution in [3.63, 3.8) is 0 Å². The summed E-state index contributed by atoms with van der Waals surface area (Å²) < 4.78 is 38.8. The number of nitrogens with one attached hydrogen (secondary N) is 2. The van der Waals surface area contributed by atoms with Crippen LogP contribution < -0.4 is 10.6 Å². The summed E-state index contributed by atoms with van der Waals surface area (Å²) in [5, 5.41) is 5.57. The van der Waals surface area contributed by atoms with Gasteiger partial charge in [0.15, 0.2) is 5.13 Å². The molecule has 4 rings (SSSR count). The first kappa shape index (κ1) is 22.5. The van der Waals surface area contributed by atoms with Gasteiger partial charge in [-0.2, -0.15) is 13.2 Å². The quantitative estimate of drug-likeness (QED) is 0.602. The summed E-state index contributed by atoms with van der Waals surface area (Å²) in [6, 6.07) is 2.47. The van der Waals surface area contributed by atoms with Gasteiger partial charge in [0.05, 0.1) is 5.56 Å². The first-order valence-corrected chi connectivity index (χ1v) is 10.9. The molecule has 2 N–H and O–H groups in total. The molecule has 0 spiro atoms. The van der Waals surface area contributed by atoms with Crippen LogP contribution in [0, 0.1) is 5.92 Å². The Kier molecular flexibility index (Phi) is 5.66. The maximum Gasteiger partial charge on any atom is 0.416 e. The van der Waals surface area contributed by atoms with Crippen LogP contribution in [-0.4, -0.2) is 39.8 Å². The molecule has 2 aromatic rings. The van der Waals surface area contributed by atoms with E-state index in [-0.39, 0.29) is 28.1 Å². The van der Waals surface area contributed by atoms with Crippen molar-refractivity contribution < 1.29 is 27.6 Å². The molecule has 0 bridgehead atoms. The molecule has 1 unspecified atom stereocenters. The van der Waals surface area contributed by atoms with Crippen LogP contribution in [0.2, 0.25) is 5.02 Å². The number of imide groups is 1. The van der Waals surface area contributed by atoms with E-state index in [1.807, 2.05) is 0 Å². The van der Waals surface area contributed by atoms with Gasteiger partial charge in [-0.25, -0.2) is 9.78 Å². The zero-order valence-corrected chi connectivity index (χ0v) is 18.3. The topological polar surface area (TPSA) is 91.4 Å². The number of hydrogen-bond acceptors (Lipinski definition) is 5. The van der Waals surface area contributed by atoms with Gasteiger partial charge in [0.25, 0.3) is 5.91 Å². The van der Waals surface area contributed by atoms with Crippen molar-refractivity contribution in [1.29, 1.82) is 0 Å². The average Bonchev–Trinajstić information content (AvgIpc) is 3.44. The first-order valence-electron chi connectivity index (χ1n) is 9.71. The molecule has 1 aromatic carbocycles. The molecular formula is C20H18ClF3N4O3S. The summed E-state index contributed by atoms with van der Waals surface area (Å²) in [4.78, 5) is 42.6. The third-order valence-corrected chi connectivity index (χ3v) is 6.82. The van der Waals surface area contributed by atoms with Gasteiger partial charge in [-0.1, -0.05) is 11.6 Å². The van der Waals surface area contributed by atoms with Crippen LogP contribution >= 0.6 is 22.9 Å². The zero-order chi connectivity index (χ0) is 23.3. The Balaban J connectivity index is 1.39. The van der Waals surface area contributed by atoms with Crippen molar-refractivity contribution in [3.05, 3.63) is 45.4 Å². The van der Waals surface area contributed by atoms with Gasteiger partial charge in [0.2, 0.25) is 5.91 Å². The lowest BCUT2D eigenvalue weighted by Gasteiger charge is -2.20. The number of benzene rings is 1. The lowest BCUT2D eigenvalue weighted by Crippen LogP contribution is -2.46. The van der Waals surface area contributed by atoms with E-state index in [1.54, 1.807) is 6.92 Å². The Labute approximate surface area is 189 Å². The van der Waals surface area contributed by atoms with Gasteiger partial charge in [-0.15, -0.1) is 11.3 Å². The minimum Gasteiger partial charge on any atom is -0.323 e. The summed E-state index contributed by atoms with van der Waals surface area (Å²) in [6.07, 6.45) is -1.26. The van der Waals surface area contributed by atoms with E-state index in [4.69, 9.17) is 11.6 Å². The molecule has 1 aromatic heterocycles. The van der Waals surface area contributed by atoms with E-state index in [9.17, 15) is 27.6 Å². The maximum atomic E-state index is 12.9. The van der Waals surface area contributed by atoms with Crippen molar-refractivity contribution in [2.45, 2.75) is 37.9 Å². The van der Waals surface area contributed by atoms with Crippen molar-refractivity contribution in [3.8, 4) is 0 Å². The summed E-state index contributed by atoms with van der Waals surface area (Å²) >= 11 is 7.10. The summed E-state index contributed by atoms with van der Waals surface area (Å²) in [5.74, 6) is -0.957. The van der Waals surface area contributed by atoms with Crippen molar-refractivity contribution >= 4 is 45.9 Å². The van der Waals surface area contributed by atoms with E-state index < -0.39 is 41.7 Å². The minimum absolute atomic E-state index is 0.0798. The van der Waals surface area contributed by atoms with Gasteiger partial charge in [0.1, 0.15) is 12.1 Å². The van der Waals surface area contributed by atoms with Gasteiger partial charge in [0, 0.05) is 22.5 Å². The van der Waals surface area contributed by atoms with Gasteiger partial charge in [-0.3, -0.25) is 14.5 Å². The Bertz CT molecular complexity index is 1100. The summed E-state index contributed by atoms with van der Waals surface area (Å²) in [6.45, 7) is 1.20. The van der Waals surface area contributed by atoms with Crippen molar-refractivity contribution in [1.82, 2.24) is 15.2 Å². The van der Waals surface area contributed by atoms with E-state index in [0.717, 1.165) is 41.2 Å². The van der Waals surface area contributed by atoms with Crippen molar-refractivity contribution in [2.24, 2.45) is 5.92 Å². The number of urea groups is 1. The zero-order valence-electron chi connectivity index (χ0n) is 16.8. The molecule has 0 radical (unpaired) electrons. The average molecular weight is 487 g/mol. The smallest absolute Gasteiger partial charge is 0.323 e. The highest BCUT2D eigenvalue weighted by Gasteiger charge is 2.56. The molecule has 32 heavy (non-hydrogen) atoms. The predicted molar refractivity (Wildman–Crippen MR) is 111 cm³/mol. The fourth-order valence-electron chi connectivity index (χ4n) is 3.62. The number of carbonyl (C=O) groups excluding carboxylic acids is 3. The lowest BCUT2D eigenvalue weighted by atomic mass is 9.96. The van der Waals surface area contributed by atoms with E-state index in [0.29, 0.717) is 4.88 Å². The highest BCUT2D eigenvalue weighted by Crippen LogP contribution is 2.42. The second-order valence-corrected chi connectivity index (χ2v) is 9.48. The van der Waals surface area contributed by atoms with Crippen molar-refractivity contribution in [2.75, 3.05) is 11.9 Å². The Morgan fingerprint density at radius 2 is 2.09 bits per heavy atom. The minimum atomic E-state index is -4.49. The number of alkyl halides is 3. The first-order chi connectivity index (χ1) is 15.0. The van der Waals surface area contributed by atoms with Gasteiger partial charge in [-0.05, 0) is 49.4 Å². The van der Waals surface area contributed by atoms with Crippen LogP contribution in [0.1, 0.15) is 35.8 Å². The number of nitrogens with zero attached hydrogens (tertiary/aromatic N) is 2.